The van der Waals surface area contributed by atoms with Crippen LogP contribution in [0, 0.1) is 5.92 Å². The van der Waals surface area contributed by atoms with Crippen LogP contribution in [0.25, 0.3) is 0 Å². The van der Waals surface area contributed by atoms with Crippen LogP contribution in [-0.4, -0.2) is 61.7 Å². The summed E-state index contributed by atoms with van der Waals surface area (Å²) in [4.78, 5) is 17.6. The van der Waals surface area contributed by atoms with Gasteiger partial charge in [-0.05, 0) is 61.7 Å². The molecule has 178 valence electrons. The lowest BCUT2D eigenvalue weighted by molar-refractivity contribution is -0.126. The van der Waals surface area contributed by atoms with Gasteiger partial charge >= 0.3 is 0 Å². The maximum atomic E-state index is 12.7. The molecule has 2 fully saturated rings. The van der Waals surface area contributed by atoms with Crippen LogP contribution in [0.3, 0.4) is 0 Å². The van der Waals surface area contributed by atoms with Gasteiger partial charge in [0.2, 0.25) is 5.91 Å². The number of ether oxygens (including phenoxy) is 2. The second-order valence-electron chi connectivity index (χ2n) is 9.05. The Hall–Kier alpha value is -2.41. The highest BCUT2D eigenvalue weighted by Crippen LogP contribution is 2.21. The summed E-state index contributed by atoms with van der Waals surface area (Å²) in [5, 5.41) is 3.15. The van der Waals surface area contributed by atoms with Gasteiger partial charge in [-0.2, -0.15) is 0 Å². The fraction of sp³-hybridized carbons (Fsp3) is 0.519. The third kappa shape index (κ3) is 7.29. The summed E-state index contributed by atoms with van der Waals surface area (Å²) in [6, 6.07) is 16.9. The largest absolute Gasteiger partial charge is 0.494 e. The average molecular weight is 452 g/mol. The number of nitrogens with one attached hydrogen (secondary N) is 1. The van der Waals surface area contributed by atoms with Crippen molar-refractivity contribution in [2.75, 3.05) is 46.0 Å². The minimum atomic E-state index is 0.108. The van der Waals surface area contributed by atoms with Crippen molar-refractivity contribution < 1.29 is 14.3 Å². The maximum Gasteiger partial charge on any atom is 0.223 e. The number of morpholine rings is 1. The molecule has 0 bridgehead atoms. The molecule has 2 heterocycles. The molecule has 2 saturated heterocycles. The van der Waals surface area contributed by atoms with Gasteiger partial charge in [0.05, 0.1) is 19.8 Å². The number of piperidine rings is 1. The Balaban J connectivity index is 1.17. The van der Waals surface area contributed by atoms with Gasteiger partial charge in [-0.25, -0.2) is 0 Å². The molecule has 2 aromatic carbocycles. The lowest BCUT2D eigenvalue weighted by Crippen LogP contribution is -2.40. The van der Waals surface area contributed by atoms with Crippen LogP contribution < -0.4 is 10.1 Å². The summed E-state index contributed by atoms with van der Waals surface area (Å²) < 4.78 is 11.0. The molecule has 0 saturated carbocycles. The van der Waals surface area contributed by atoms with Gasteiger partial charge in [0, 0.05) is 38.6 Å². The first kappa shape index (κ1) is 23.7. The number of carbonyl (C=O) groups is 1. The molecule has 0 aliphatic carbocycles. The summed E-state index contributed by atoms with van der Waals surface area (Å²) in [7, 11) is 0. The molecule has 33 heavy (non-hydrogen) atoms. The third-order valence-electron chi connectivity index (χ3n) is 6.57. The van der Waals surface area contributed by atoms with Crippen LogP contribution in [0.15, 0.2) is 48.5 Å². The first-order valence-electron chi connectivity index (χ1n) is 12.3. The number of amides is 1. The van der Waals surface area contributed by atoms with Gasteiger partial charge in [-0.3, -0.25) is 14.6 Å². The monoisotopic (exact) mass is 451 g/mol. The first-order chi connectivity index (χ1) is 16.2. The molecule has 0 aromatic heterocycles. The molecule has 4 rings (SSSR count). The van der Waals surface area contributed by atoms with Crippen molar-refractivity contribution in [1.29, 1.82) is 0 Å². The highest BCUT2D eigenvalue weighted by atomic mass is 16.5. The number of hydrogen-bond donors (Lipinski definition) is 1. The number of likely N-dealkylation sites (tertiary alicyclic amines) is 1. The van der Waals surface area contributed by atoms with Gasteiger partial charge in [0.1, 0.15) is 5.75 Å². The Morgan fingerprint density at radius 2 is 1.61 bits per heavy atom. The standard InChI is InChI=1S/C27H37N3O3/c1-2-33-26-5-3-4-24(18-26)21-29-12-10-25(11-13-29)27(31)28-19-22-6-8-23(9-7-22)20-30-14-16-32-17-15-30/h3-9,18,25H,2,10-17,19-21H2,1H3,(H,28,31). The van der Waals surface area contributed by atoms with Crippen LogP contribution in [0.5, 0.6) is 5.75 Å². The molecule has 2 aliphatic heterocycles. The highest BCUT2D eigenvalue weighted by molar-refractivity contribution is 5.78. The van der Waals surface area contributed by atoms with Crippen molar-refractivity contribution in [3.8, 4) is 5.75 Å². The van der Waals surface area contributed by atoms with E-state index >= 15 is 0 Å². The van der Waals surface area contributed by atoms with E-state index in [-0.39, 0.29) is 11.8 Å². The number of benzene rings is 2. The van der Waals surface area contributed by atoms with Crippen molar-refractivity contribution in [3.63, 3.8) is 0 Å². The van der Waals surface area contributed by atoms with Crippen molar-refractivity contribution in [3.05, 3.63) is 65.2 Å². The number of nitrogens with zero attached hydrogens (tertiary/aromatic N) is 2. The van der Waals surface area contributed by atoms with E-state index < -0.39 is 0 Å². The molecular formula is C27H37N3O3. The quantitative estimate of drug-likeness (QED) is 0.633. The lowest BCUT2D eigenvalue weighted by atomic mass is 9.95. The molecule has 0 radical (unpaired) electrons. The zero-order chi connectivity index (χ0) is 22.9. The van der Waals surface area contributed by atoms with Crippen LogP contribution >= 0.6 is 0 Å². The molecule has 1 amide bonds. The topological polar surface area (TPSA) is 54.0 Å². The second-order valence-corrected chi connectivity index (χ2v) is 9.05. The van der Waals surface area contributed by atoms with Gasteiger partial charge in [0.15, 0.2) is 0 Å². The van der Waals surface area contributed by atoms with E-state index in [9.17, 15) is 4.79 Å². The number of hydrogen-bond acceptors (Lipinski definition) is 5. The van der Waals surface area contributed by atoms with E-state index in [0.717, 1.165) is 76.6 Å². The molecule has 2 aliphatic rings. The van der Waals surface area contributed by atoms with E-state index in [1.807, 2.05) is 13.0 Å². The third-order valence-corrected chi connectivity index (χ3v) is 6.57. The molecular weight excluding hydrogens is 414 g/mol. The Labute approximate surface area is 197 Å². The maximum absolute atomic E-state index is 12.7. The van der Waals surface area contributed by atoms with E-state index in [4.69, 9.17) is 9.47 Å². The second kappa shape index (κ2) is 12.2. The lowest BCUT2D eigenvalue weighted by Gasteiger charge is -2.31. The first-order valence-corrected chi connectivity index (χ1v) is 12.3. The van der Waals surface area contributed by atoms with Crippen LogP contribution in [0.4, 0.5) is 0 Å². The smallest absolute Gasteiger partial charge is 0.223 e. The van der Waals surface area contributed by atoms with Gasteiger partial charge < -0.3 is 14.8 Å². The molecule has 1 N–H and O–H groups in total. The van der Waals surface area contributed by atoms with Crippen LogP contribution in [-0.2, 0) is 29.2 Å². The molecule has 0 spiro atoms. The van der Waals surface area contributed by atoms with Crippen molar-refractivity contribution in [2.24, 2.45) is 5.92 Å². The van der Waals surface area contributed by atoms with Crippen molar-refractivity contribution in [1.82, 2.24) is 15.1 Å². The summed E-state index contributed by atoms with van der Waals surface area (Å²) in [6.45, 7) is 10.7. The van der Waals surface area contributed by atoms with E-state index in [2.05, 4.69) is 57.6 Å². The normalized spacial score (nSPS) is 18.2. The zero-order valence-electron chi connectivity index (χ0n) is 19.8. The summed E-state index contributed by atoms with van der Waals surface area (Å²) >= 11 is 0. The highest BCUT2D eigenvalue weighted by Gasteiger charge is 2.24. The molecule has 2 aromatic rings. The SMILES string of the molecule is CCOc1cccc(CN2CCC(C(=O)NCc3ccc(CN4CCOCC4)cc3)CC2)c1. The van der Waals surface area contributed by atoms with Gasteiger partial charge in [-0.15, -0.1) is 0 Å². The molecule has 0 unspecified atom stereocenters. The van der Waals surface area contributed by atoms with Crippen molar-refractivity contribution in [2.45, 2.75) is 39.4 Å². The van der Waals surface area contributed by atoms with E-state index in [1.54, 1.807) is 0 Å². The predicted octanol–water partition coefficient (Wildman–Crippen LogP) is 3.45. The van der Waals surface area contributed by atoms with Crippen LogP contribution in [0.2, 0.25) is 0 Å². The van der Waals surface area contributed by atoms with E-state index in [0.29, 0.717) is 13.2 Å². The fourth-order valence-electron chi connectivity index (χ4n) is 4.63. The minimum absolute atomic E-state index is 0.108. The molecule has 0 atom stereocenters. The van der Waals surface area contributed by atoms with Crippen molar-refractivity contribution >= 4 is 5.91 Å². The summed E-state index contributed by atoms with van der Waals surface area (Å²) in [6.07, 6.45) is 1.82. The Bertz CT molecular complexity index is 872. The fourth-order valence-corrected chi connectivity index (χ4v) is 4.63. The van der Waals surface area contributed by atoms with Gasteiger partial charge in [-0.1, -0.05) is 36.4 Å². The summed E-state index contributed by atoms with van der Waals surface area (Å²) in [5.41, 5.74) is 3.73. The summed E-state index contributed by atoms with van der Waals surface area (Å²) in [5.74, 6) is 1.22. The Morgan fingerprint density at radius 1 is 0.939 bits per heavy atom. The van der Waals surface area contributed by atoms with Gasteiger partial charge in [0.25, 0.3) is 0 Å². The van der Waals surface area contributed by atoms with Crippen LogP contribution in [0.1, 0.15) is 36.5 Å². The average Bonchev–Trinajstić information content (AvgIpc) is 2.85. The predicted molar refractivity (Wildman–Crippen MR) is 130 cm³/mol. The molecule has 6 heteroatoms. The van der Waals surface area contributed by atoms with E-state index in [1.165, 1.54) is 11.1 Å². The number of carbonyl (C=O) groups excluding carboxylic acids is 1. The zero-order valence-corrected chi connectivity index (χ0v) is 19.8. The Kier molecular flexibility index (Phi) is 8.75. The Morgan fingerprint density at radius 3 is 2.33 bits per heavy atom. The minimum Gasteiger partial charge on any atom is -0.494 e. The number of rotatable bonds is 9. The molecule has 6 nitrogen and oxygen atoms in total.